The van der Waals surface area contributed by atoms with Crippen molar-refractivity contribution >= 4 is 58.5 Å². The number of amides is 7. The smallest absolute Gasteiger partial charge is 0.409 e. The Morgan fingerprint density at radius 1 is 0.741 bits per heavy atom. The fourth-order valence-corrected chi connectivity index (χ4v) is 12.2. The number of piperazine rings is 1. The lowest BCUT2D eigenvalue weighted by molar-refractivity contribution is -0.137. The minimum absolute atomic E-state index is 0.00221. The molecule has 4 aliphatic rings. The van der Waals surface area contributed by atoms with E-state index in [1.165, 1.54) is 19.3 Å². The molecule has 9 rings (SSSR count). The number of aromatic hydroxyl groups is 2. The summed E-state index contributed by atoms with van der Waals surface area (Å²) in [6, 6.07) is 34.3. The van der Waals surface area contributed by atoms with Gasteiger partial charge in [-0.3, -0.25) is 39.0 Å². The van der Waals surface area contributed by atoms with Gasteiger partial charge in [-0.25, -0.2) is 4.79 Å². The highest BCUT2D eigenvalue weighted by Crippen LogP contribution is 2.65. The Morgan fingerprint density at radius 3 is 2.00 bits per heavy atom. The van der Waals surface area contributed by atoms with Crippen LogP contribution < -0.4 is 42.4 Å². The molecule has 85 heavy (non-hydrogen) atoms. The first-order chi connectivity index (χ1) is 41.0. The largest absolute Gasteiger partial charge is 0.505 e. The molecular weight excluding hydrogens is 1090 g/mol. The van der Waals surface area contributed by atoms with Crippen molar-refractivity contribution in [3.8, 4) is 17.2 Å². The number of nitrogen functional groups attached to an aromatic ring is 1. The van der Waals surface area contributed by atoms with E-state index < -0.39 is 53.3 Å². The van der Waals surface area contributed by atoms with Crippen molar-refractivity contribution in [1.82, 2.24) is 31.1 Å². The first-order valence-corrected chi connectivity index (χ1v) is 28.7. The summed E-state index contributed by atoms with van der Waals surface area (Å²) in [7, 11) is 3.03. The van der Waals surface area contributed by atoms with Gasteiger partial charge in [-0.15, -0.1) is 0 Å². The van der Waals surface area contributed by atoms with Crippen molar-refractivity contribution in [2.75, 3.05) is 51.0 Å². The molecule has 2 saturated heterocycles. The molecule has 0 saturated carbocycles. The zero-order valence-electron chi connectivity index (χ0n) is 47.9. The average Bonchev–Trinajstić information content (AvgIpc) is 1.50. The number of phenols is 2. The van der Waals surface area contributed by atoms with E-state index in [-0.39, 0.29) is 115 Å². The fraction of sp³-hybridized carbons (Fsp3) is 0.359. The molecule has 0 bridgehead atoms. The third-order valence-electron chi connectivity index (χ3n) is 16.5. The molecule has 10 N–H and O–H groups in total. The summed E-state index contributed by atoms with van der Waals surface area (Å²) >= 11 is 0. The molecule has 0 aromatic heterocycles. The number of primary amides is 1. The highest BCUT2D eigenvalue weighted by molar-refractivity contribution is 6.12. The molecule has 21 heteroatoms. The maximum absolute atomic E-state index is 14.6. The minimum atomic E-state index is -1.50. The molecule has 21 nitrogen and oxygen atoms in total. The second-order valence-corrected chi connectivity index (χ2v) is 21.6. The predicted octanol–water partition coefficient (Wildman–Crippen LogP) is 5.54. The van der Waals surface area contributed by atoms with E-state index in [0.717, 1.165) is 33.4 Å². The number of hydrogen-bond donors (Lipinski definition) is 8. The molecule has 0 spiro atoms. The first kappa shape index (κ1) is 60.4. The van der Waals surface area contributed by atoms with Crippen molar-refractivity contribution in [1.29, 1.82) is 0 Å². The number of imide groups is 1. The number of carbonyl (C=O) groups excluding carboxylic acids is 7. The van der Waals surface area contributed by atoms with E-state index in [2.05, 4.69) is 45.5 Å². The topological polar surface area (TPSA) is 297 Å². The maximum Gasteiger partial charge on any atom is 0.409 e. The fourth-order valence-electron chi connectivity index (χ4n) is 12.2. The average molecular weight is 1160 g/mol. The van der Waals surface area contributed by atoms with E-state index in [0.29, 0.717) is 44.4 Å². The Balaban J connectivity index is 0.885. The molecule has 4 aliphatic heterocycles. The number of fused-ring (bicyclic) bond motifs is 5. The van der Waals surface area contributed by atoms with Crippen LogP contribution in [0.15, 0.2) is 134 Å². The Morgan fingerprint density at radius 2 is 1.38 bits per heavy atom. The molecule has 4 unspecified atom stereocenters. The van der Waals surface area contributed by atoms with E-state index in [9.17, 15) is 43.8 Å². The van der Waals surface area contributed by atoms with Gasteiger partial charge in [0.1, 0.15) is 41.6 Å². The van der Waals surface area contributed by atoms with Crippen molar-refractivity contribution in [3.63, 3.8) is 0 Å². The Bertz CT molecular complexity index is 3290. The highest BCUT2D eigenvalue weighted by atomic mass is 16.5. The number of nitrogens with two attached hydrogens (primary N) is 2. The first-order valence-electron chi connectivity index (χ1n) is 28.7. The number of anilines is 2. The second kappa shape index (κ2) is 26.6. The quantitative estimate of drug-likeness (QED) is 0.00446. The normalized spacial score (nSPS) is 18.6. The van der Waals surface area contributed by atoms with E-state index in [4.69, 9.17) is 25.7 Å². The summed E-state index contributed by atoms with van der Waals surface area (Å²) in [4.78, 5) is 97.1. The number of nitrogens with one attached hydrogen (secondary N) is 4. The lowest BCUT2D eigenvalue weighted by Crippen LogP contribution is -2.54. The molecule has 2 fully saturated rings. The number of phenolic OH excluding ortho intramolecular Hbond substituents is 2. The molecule has 7 amide bonds. The van der Waals surface area contributed by atoms with E-state index >= 15 is 0 Å². The molecular formula is C64H73N9O12. The number of ether oxygens (including phenoxy) is 3. The zero-order chi connectivity index (χ0) is 60.4. The van der Waals surface area contributed by atoms with Gasteiger partial charge in [0.05, 0.1) is 41.2 Å². The van der Waals surface area contributed by atoms with Gasteiger partial charge in [-0.05, 0) is 86.4 Å². The molecule has 446 valence electrons. The lowest BCUT2D eigenvalue weighted by atomic mass is 9.77. The van der Waals surface area contributed by atoms with Crippen molar-refractivity contribution in [2.45, 2.75) is 107 Å². The molecule has 5 atom stereocenters. The number of nitrogens with zero attached hydrogens (tertiary/aromatic N) is 3. The third-order valence-corrected chi connectivity index (χ3v) is 16.5. The molecule has 0 radical (unpaired) electrons. The van der Waals surface area contributed by atoms with E-state index in [1.807, 2.05) is 91.0 Å². The number of carbonyl (C=O) groups is 7. The number of benzene rings is 5. The van der Waals surface area contributed by atoms with Crippen LogP contribution in [0.1, 0.15) is 91.2 Å². The SMILES string of the molecule is COc1ccc(C(NCCCCC(NC(=O)[C@H](Cc2ccccc2)NC(=O)CCCCCN2C(=O)C=CC2=O)C(=O)NCCCC(=O)N2C3CN4c5c(O)c(C)c(N)c(O)c5C(=COC(N)=O)C4(OC)C32)(c2ccccc2)c2ccccc2)cc1. The van der Waals surface area contributed by atoms with Crippen LogP contribution in [0.25, 0.3) is 5.57 Å². The summed E-state index contributed by atoms with van der Waals surface area (Å²) in [6.45, 7) is 2.53. The van der Waals surface area contributed by atoms with Crippen LogP contribution >= 0.6 is 0 Å². The van der Waals surface area contributed by atoms with Crippen molar-refractivity contribution < 1.29 is 58.0 Å². The zero-order valence-corrected chi connectivity index (χ0v) is 47.9. The molecule has 4 heterocycles. The Labute approximate surface area is 493 Å². The minimum Gasteiger partial charge on any atom is -0.505 e. The summed E-state index contributed by atoms with van der Waals surface area (Å²) < 4.78 is 16.8. The number of methoxy groups -OCH3 is 2. The van der Waals surface area contributed by atoms with E-state index in [1.54, 1.807) is 23.8 Å². The van der Waals surface area contributed by atoms with Gasteiger partial charge in [-0.2, -0.15) is 0 Å². The van der Waals surface area contributed by atoms with Crippen LogP contribution in [0.2, 0.25) is 0 Å². The van der Waals surface area contributed by atoms with Crippen LogP contribution in [0.5, 0.6) is 17.2 Å². The molecule has 0 aliphatic carbocycles. The number of unbranched alkanes of at least 4 members (excludes halogenated alkanes) is 3. The standard InChI is InChI=1S/C64H73N9O12/c1-40-55(65)58(79)54-46(39-85-62(66)82)64(84-3)59-49(38-72(64)56(54)57(40)78)73(59)53(77)27-18-34-67-60(80)47(70-61(81)48(37-41-19-8-4-9-20-41)69-50(74)26-14-7-17-36-71-51(75)32-33-52(71)76)25-15-16-35-68-63(42-21-10-5-11-22-42,43-23-12-6-13-24-43)44-28-30-45(83-2)31-29-44/h4-6,8-13,19-24,28-33,39,47-49,59,68,78-79H,7,14-18,25-27,34-38,65H2,1-3H3,(H2,66,82)(H,67,80)(H,69,74)(H,70,81)/t47?,48-,49?,59?,64?,73?/m0/s1. The molecule has 5 aromatic carbocycles. The monoisotopic (exact) mass is 1160 g/mol. The summed E-state index contributed by atoms with van der Waals surface area (Å²) in [5, 5.41) is 35.4. The predicted molar refractivity (Wildman–Crippen MR) is 317 cm³/mol. The van der Waals surface area contributed by atoms with Crippen molar-refractivity contribution in [2.24, 2.45) is 5.73 Å². The van der Waals surface area contributed by atoms with Gasteiger partial charge in [0.2, 0.25) is 23.6 Å². The van der Waals surface area contributed by atoms with Crippen LogP contribution in [-0.2, 0) is 50.2 Å². The van der Waals surface area contributed by atoms with Crippen molar-refractivity contribution in [3.05, 3.63) is 167 Å². The summed E-state index contributed by atoms with van der Waals surface area (Å²) in [6.07, 6.45) is 5.57. The summed E-state index contributed by atoms with van der Waals surface area (Å²) in [5.74, 6) is -2.27. The van der Waals surface area contributed by atoms with Gasteiger partial charge >= 0.3 is 6.09 Å². The second-order valence-electron chi connectivity index (χ2n) is 21.6. The number of hydrogen-bond acceptors (Lipinski definition) is 15. The Hall–Kier alpha value is -9.21. The van der Waals surface area contributed by atoms with Crippen LogP contribution in [-0.4, -0.2) is 132 Å². The van der Waals surface area contributed by atoms with Crippen LogP contribution in [0, 0.1) is 6.92 Å². The number of rotatable bonds is 28. The van der Waals surface area contributed by atoms with Gasteiger partial charge in [0, 0.05) is 63.7 Å². The highest BCUT2D eigenvalue weighted by Gasteiger charge is 2.75. The molecule has 5 aromatic rings. The van der Waals surface area contributed by atoms with Gasteiger partial charge in [-0.1, -0.05) is 110 Å². The summed E-state index contributed by atoms with van der Waals surface area (Å²) in [5.41, 5.74) is 13.6. The van der Waals surface area contributed by atoms with Gasteiger partial charge in [0.15, 0.2) is 5.72 Å². The van der Waals surface area contributed by atoms with Gasteiger partial charge < -0.3 is 61.6 Å². The third kappa shape index (κ3) is 12.5. The Kier molecular flexibility index (Phi) is 18.9. The lowest BCUT2D eigenvalue weighted by Gasteiger charge is -2.37. The van der Waals surface area contributed by atoms with Gasteiger partial charge in [0.25, 0.3) is 11.8 Å². The maximum atomic E-state index is 14.6. The van der Waals surface area contributed by atoms with Crippen LogP contribution in [0.4, 0.5) is 16.2 Å². The van der Waals surface area contributed by atoms with Crippen LogP contribution in [0.3, 0.4) is 0 Å².